The molecule has 1 N–H and O–H groups in total. The van der Waals surface area contributed by atoms with Crippen molar-refractivity contribution >= 4 is 5.91 Å². The Morgan fingerprint density at radius 2 is 1.79 bits per heavy atom. The minimum Gasteiger partial charge on any atom is -0.494 e. The summed E-state index contributed by atoms with van der Waals surface area (Å²) < 4.78 is 5.61. The van der Waals surface area contributed by atoms with Gasteiger partial charge in [0, 0.05) is 6.42 Å². The maximum atomic E-state index is 12.2. The van der Waals surface area contributed by atoms with Crippen molar-refractivity contribution in [3.8, 4) is 5.75 Å². The molecule has 0 aliphatic rings. The van der Waals surface area contributed by atoms with Crippen molar-refractivity contribution in [3.05, 3.63) is 65.2 Å². The van der Waals surface area contributed by atoms with E-state index in [-0.39, 0.29) is 11.9 Å². The SMILES string of the molecule is CCOc1ccccc1CCC(=O)NC(C)c1ccc(CC)cc1. The molecule has 3 nitrogen and oxygen atoms in total. The van der Waals surface area contributed by atoms with Crippen LogP contribution >= 0.6 is 0 Å². The van der Waals surface area contributed by atoms with Crippen LogP contribution in [0.4, 0.5) is 0 Å². The van der Waals surface area contributed by atoms with Crippen molar-refractivity contribution in [3.63, 3.8) is 0 Å². The van der Waals surface area contributed by atoms with E-state index in [0.717, 1.165) is 23.3 Å². The van der Waals surface area contributed by atoms with Gasteiger partial charge in [0.15, 0.2) is 0 Å². The van der Waals surface area contributed by atoms with Gasteiger partial charge in [0.25, 0.3) is 0 Å². The minimum absolute atomic E-state index is 0.0190. The molecule has 1 unspecified atom stereocenters. The van der Waals surface area contributed by atoms with E-state index in [1.54, 1.807) is 0 Å². The Balaban J connectivity index is 1.88. The lowest BCUT2D eigenvalue weighted by Crippen LogP contribution is -2.26. The normalized spacial score (nSPS) is 11.8. The second kappa shape index (κ2) is 9.11. The summed E-state index contributed by atoms with van der Waals surface area (Å²) in [6.45, 7) is 6.76. The second-order valence-corrected chi connectivity index (χ2v) is 5.93. The van der Waals surface area contributed by atoms with Gasteiger partial charge in [0.2, 0.25) is 5.91 Å². The zero-order chi connectivity index (χ0) is 17.4. The van der Waals surface area contributed by atoms with Crippen LogP contribution in [0.2, 0.25) is 0 Å². The Morgan fingerprint density at radius 3 is 2.46 bits per heavy atom. The largest absolute Gasteiger partial charge is 0.494 e. The molecule has 0 heterocycles. The number of hydrogen-bond acceptors (Lipinski definition) is 2. The second-order valence-electron chi connectivity index (χ2n) is 5.93. The molecule has 128 valence electrons. The maximum absolute atomic E-state index is 12.2. The Kier molecular flexibility index (Phi) is 6.86. The van der Waals surface area contributed by atoms with Crippen LogP contribution in [-0.4, -0.2) is 12.5 Å². The van der Waals surface area contributed by atoms with E-state index < -0.39 is 0 Å². The highest BCUT2D eigenvalue weighted by molar-refractivity contribution is 5.76. The number of hydrogen-bond donors (Lipinski definition) is 1. The zero-order valence-corrected chi connectivity index (χ0v) is 14.8. The molecule has 2 aromatic carbocycles. The smallest absolute Gasteiger partial charge is 0.220 e. The van der Waals surface area contributed by atoms with E-state index in [2.05, 4.69) is 36.5 Å². The first kappa shape index (κ1) is 18.1. The van der Waals surface area contributed by atoms with Crippen LogP contribution in [0, 0.1) is 0 Å². The monoisotopic (exact) mass is 325 g/mol. The summed E-state index contributed by atoms with van der Waals surface area (Å²) in [6, 6.07) is 16.4. The van der Waals surface area contributed by atoms with E-state index in [9.17, 15) is 4.79 Å². The third-order valence-electron chi connectivity index (χ3n) is 4.16. The van der Waals surface area contributed by atoms with Crippen molar-refractivity contribution in [2.45, 2.75) is 46.1 Å². The molecular weight excluding hydrogens is 298 g/mol. The van der Waals surface area contributed by atoms with Gasteiger partial charge in [0.05, 0.1) is 12.6 Å². The van der Waals surface area contributed by atoms with E-state index in [0.29, 0.717) is 19.4 Å². The maximum Gasteiger partial charge on any atom is 0.220 e. The standard InChI is InChI=1S/C21H27NO2/c1-4-17-10-12-18(13-11-17)16(3)22-21(23)15-14-19-8-6-7-9-20(19)24-5-2/h6-13,16H,4-5,14-15H2,1-3H3,(H,22,23). The third-order valence-corrected chi connectivity index (χ3v) is 4.16. The van der Waals surface area contributed by atoms with Gasteiger partial charge >= 0.3 is 0 Å². The summed E-state index contributed by atoms with van der Waals surface area (Å²) in [7, 11) is 0. The first-order valence-corrected chi connectivity index (χ1v) is 8.73. The van der Waals surface area contributed by atoms with Gasteiger partial charge in [-0.15, -0.1) is 0 Å². The number of rotatable bonds is 8. The summed E-state index contributed by atoms with van der Waals surface area (Å²) >= 11 is 0. The lowest BCUT2D eigenvalue weighted by molar-refractivity contribution is -0.121. The molecule has 0 aliphatic carbocycles. The number of para-hydroxylation sites is 1. The van der Waals surface area contributed by atoms with Crippen LogP contribution in [-0.2, 0) is 17.6 Å². The van der Waals surface area contributed by atoms with Crippen LogP contribution in [0.1, 0.15) is 49.9 Å². The Morgan fingerprint density at radius 1 is 1.08 bits per heavy atom. The lowest BCUT2D eigenvalue weighted by Gasteiger charge is -2.15. The number of nitrogens with one attached hydrogen (secondary N) is 1. The highest BCUT2D eigenvalue weighted by Gasteiger charge is 2.11. The van der Waals surface area contributed by atoms with E-state index in [1.165, 1.54) is 5.56 Å². The summed E-state index contributed by atoms with van der Waals surface area (Å²) in [6.07, 6.45) is 2.17. The number of aryl methyl sites for hydroxylation is 2. The number of carbonyl (C=O) groups is 1. The molecule has 0 fully saturated rings. The fourth-order valence-electron chi connectivity index (χ4n) is 2.69. The van der Waals surface area contributed by atoms with Gasteiger partial charge in [-0.2, -0.15) is 0 Å². The van der Waals surface area contributed by atoms with Crippen molar-refractivity contribution in [1.82, 2.24) is 5.32 Å². The fourth-order valence-corrected chi connectivity index (χ4v) is 2.69. The fraction of sp³-hybridized carbons (Fsp3) is 0.381. The minimum atomic E-state index is 0.0190. The molecule has 0 spiro atoms. The molecular formula is C21H27NO2. The average molecular weight is 325 g/mol. The van der Waals surface area contributed by atoms with Crippen LogP contribution < -0.4 is 10.1 Å². The van der Waals surface area contributed by atoms with Crippen LogP contribution in [0.5, 0.6) is 5.75 Å². The predicted molar refractivity (Wildman–Crippen MR) is 98.3 cm³/mol. The van der Waals surface area contributed by atoms with Gasteiger partial charge in [-0.1, -0.05) is 49.4 Å². The van der Waals surface area contributed by atoms with Crippen molar-refractivity contribution in [2.75, 3.05) is 6.61 Å². The summed E-state index contributed by atoms with van der Waals surface area (Å²) in [5.74, 6) is 0.935. The number of carbonyl (C=O) groups excluding carboxylic acids is 1. The van der Waals surface area contributed by atoms with E-state index >= 15 is 0 Å². The molecule has 2 aromatic rings. The van der Waals surface area contributed by atoms with E-state index in [1.807, 2.05) is 38.1 Å². The molecule has 1 atom stereocenters. The molecule has 0 aromatic heterocycles. The zero-order valence-electron chi connectivity index (χ0n) is 14.8. The van der Waals surface area contributed by atoms with Crippen LogP contribution in [0.15, 0.2) is 48.5 Å². The average Bonchev–Trinajstić information content (AvgIpc) is 2.61. The van der Waals surface area contributed by atoms with Gasteiger partial charge in [-0.05, 0) is 49.4 Å². The van der Waals surface area contributed by atoms with Crippen molar-refractivity contribution in [2.24, 2.45) is 0 Å². The summed E-state index contributed by atoms with van der Waals surface area (Å²) in [4.78, 5) is 12.2. The Bertz CT molecular complexity index is 649. The Labute approximate surface area is 145 Å². The van der Waals surface area contributed by atoms with Crippen molar-refractivity contribution in [1.29, 1.82) is 0 Å². The van der Waals surface area contributed by atoms with Gasteiger partial charge in [0.1, 0.15) is 5.75 Å². The highest BCUT2D eigenvalue weighted by Crippen LogP contribution is 2.20. The highest BCUT2D eigenvalue weighted by atomic mass is 16.5. The molecule has 2 rings (SSSR count). The molecule has 0 saturated carbocycles. The van der Waals surface area contributed by atoms with Crippen LogP contribution in [0.25, 0.3) is 0 Å². The first-order chi connectivity index (χ1) is 11.6. The molecule has 24 heavy (non-hydrogen) atoms. The van der Waals surface area contributed by atoms with Gasteiger partial charge in [-0.3, -0.25) is 4.79 Å². The lowest BCUT2D eigenvalue weighted by atomic mass is 10.0. The van der Waals surface area contributed by atoms with Gasteiger partial charge in [-0.25, -0.2) is 0 Å². The molecule has 3 heteroatoms. The Hall–Kier alpha value is -2.29. The first-order valence-electron chi connectivity index (χ1n) is 8.73. The molecule has 0 aliphatic heterocycles. The van der Waals surface area contributed by atoms with E-state index in [4.69, 9.17) is 4.74 Å². The summed E-state index contributed by atoms with van der Waals surface area (Å²) in [5.41, 5.74) is 3.52. The molecule has 0 radical (unpaired) electrons. The molecule has 0 bridgehead atoms. The number of benzene rings is 2. The van der Waals surface area contributed by atoms with Crippen LogP contribution in [0.3, 0.4) is 0 Å². The quantitative estimate of drug-likeness (QED) is 0.778. The number of amides is 1. The summed E-state index contributed by atoms with van der Waals surface area (Å²) in [5, 5.41) is 3.08. The molecule has 1 amide bonds. The predicted octanol–water partition coefficient (Wildman–Crippen LogP) is 4.46. The van der Waals surface area contributed by atoms with Crippen molar-refractivity contribution < 1.29 is 9.53 Å². The third kappa shape index (κ3) is 5.12. The molecule has 0 saturated heterocycles. The number of ether oxygens (including phenoxy) is 1. The topological polar surface area (TPSA) is 38.3 Å². The van der Waals surface area contributed by atoms with Gasteiger partial charge < -0.3 is 10.1 Å².